The number of nitrogens with zero attached hydrogens (tertiary/aromatic N) is 4. The third-order valence-corrected chi connectivity index (χ3v) is 4.06. The van der Waals surface area contributed by atoms with Gasteiger partial charge in [0.1, 0.15) is 0 Å². The van der Waals surface area contributed by atoms with Gasteiger partial charge in [0.2, 0.25) is 0 Å². The molecule has 116 valence electrons. The quantitative estimate of drug-likeness (QED) is 0.813. The summed E-state index contributed by atoms with van der Waals surface area (Å²) in [6, 6.07) is 2.60. The Bertz CT molecular complexity index is 551. The molecule has 1 N–H and O–H groups in total. The highest BCUT2D eigenvalue weighted by Crippen LogP contribution is 2.15. The van der Waals surface area contributed by atoms with Crippen molar-refractivity contribution in [2.75, 3.05) is 6.54 Å². The van der Waals surface area contributed by atoms with Crippen LogP contribution in [0.4, 0.5) is 0 Å². The first-order valence-corrected chi connectivity index (χ1v) is 7.95. The molecule has 0 aliphatic heterocycles. The monoisotopic (exact) mass is 289 g/mol. The molecule has 0 aromatic carbocycles. The molecule has 0 saturated heterocycles. The Morgan fingerprint density at radius 1 is 1.24 bits per heavy atom. The largest absolute Gasteiger partial charge is 0.313 e. The lowest BCUT2D eigenvalue weighted by atomic mass is 10.2. The second kappa shape index (κ2) is 7.41. The van der Waals surface area contributed by atoms with Gasteiger partial charge in [-0.05, 0) is 32.4 Å². The molecule has 2 heterocycles. The van der Waals surface area contributed by atoms with E-state index in [2.05, 4.69) is 55.1 Å². The predicted molar refractivity (Wildman–Crippen MR) is 85.3 cm³/mol. The molecule has 0 amide bonds. The average Bonchev–Trinajstić information content (AvgIpc) is 3.08. The Labute approximate surface area is 127 Å². The lowest BCUT2D eigenvalue weighted by molar-refractivity contribution is 0.423. The van der Waals surface area contributed by atoms with Gasteiger partial charge in [-0.15, -0.1) is 0 Å². The van der Waals surface area contributed by atoms with Crippen LogP contribution in [0.2, 0.25) is 0 Å². The van der Waals surface area contributed by atoms with Gasteiger partial charge in [-0.3, -0.25) is 9.36 Å². The van der Waals surface area contributed by atoms with Crippen LogP contribution >= 0.6 is 0 Å². The van der Waals surface area contributed by atoms with Gasteiger partial charge in [-0.2, -0.15) is 10.2 Å². The second-order valence-electron chi connectivity index (χ2n) is 5.45. The lowest BCUT2D eigenvalue weighted by Gasteiger charge is -2.12. The maximum Gasteiger partial charge on any atom is 0.0852 e. The van der Waals surface area contributed by atoms with Gasteiger partial charge in [-0.1, -0.05) is 20.8 Å². The molecule has 0 fully saturated rings. The molecule has 5 nitrogen and oxygen atoms in total. The third-order valence-electron chi connectivity index (χ3n) is 4.06. The summed E-state index contributed by atoms with van der Waals surface area (Å²) in [6.45, 7) is 11.3. The number of aromatic nitrogens is 4. The summed E-state index contributed by atoms with van der Waals surface area (Å²) in [5, 5.41) is 12.5. The topological polar surface area (TPSA) is 47.7 Å². The first-order valence-electron chi connectivity index (χ1n) is 7.95. The van der Waals surface area contributed by atoms with Crippen LogP contribution in [0.5, 0.6) is 0 Å². The van der Waals surface area contributed by atoms with E-state index in [9.17, 15) is 0 Å². The molecule has 21 heavy (non-hydrogen) atoms. The minimum Gasteiger partial charge on any atom is -0.313 e. The van der Waals surface area contributed by atoms with Crippen molar-refractivity contribution in [1.29, 1.82) is 0 Å². The fourth-order valence-corrected chi connectivity index (χ4v) is 2.56. The first kappa shape index (κ1) is 15.8. The molecule has 0 radical (unpaired) electrons. The SMILES string of the molecule is CCNCc1cnn(Cc2ccn(C(CC)CC)n2)c1C. The maximum absolute atomic E-state index is 4.70. The van der Waals surface area contributed by atoms with Gasteiger partial charge in [0.15, 0.2) is 0 Å². The van der Waals surface area contributed by atoms with Crippen LogP contribution in [0.15, 0.2) is 18.5 Å². The van der Waals surface area contributed by atoms with E-state index in [1.807, 2.05) is 10.9 Å². The minimum atomic E-state index is 0.502. The van der Waals surface area contributed by atoms with Crippen molar-refractivity contribution in [3.8, 4) is 0 Å². The highest BCUT2D eigenvalue weighted by Gasteiger charge is 2.10. The van der Waals surface area contributed by atoms with Crippen LogP contribution in [-0.4, -0.2) is 26.1 Å². The molecule has 0 spiro atoms. The zero-order valence-electron chi connectivity index (χ0n) is 13.6. The van der Waals surface area contributed by atoms with Crippen molar-refractivity contribution in [3.05, 3.63) is 35.4 Å². The zero-order valence-corrected chi connectivity index (χ0v) is 13.6. The smallest absolute Gasteiger partial charge is 0.0852 e. The van der Waals surface area contributed by atoms with Gasteiger partial charge in [-0.25, -0.2) is 0 Å². The van der Waals surface area contributed by atoms with Crippen molar-refractivity contribution in [2.45, 2.75) is 59.7 Å². The normalized spacial score (nSPS) is 11.5. The molecule has 2 aromatic rings. The molecular weight excluding hydrogens is 262 g/mol. The van der Waals surface area contributed by atoms with E-state index in [4.69, 9.17) is 5.10 Å². The molecule has 0 unspecified atom stereocenters. The summed E-state index contributed by atoms with van der Waals surface area (Å²) >= 11 is 0. The van der Waals surface area contributed by atoms with E-state index in [1.165, 1.54) is 11.3 Å². The van der Waals surface area contributed by atoms with Gasteiger partial charge in [0.25, 0.3) is 0 Å². The van der Waals surface area contributed by atoms with Crippen LogP contribution in [0.1, 0.15) is 56.6 Å². The standard InChI is InChI=1S/C16H27N5/c1-5-16(6-2)20-9-8-15(19-20)12-21-13(4)14(11-18-21)10-17-7-3/h8-9,11,16-17H,5-7,10,12H2,1-4H3. The van der Waals surface area contributed by atoms with Gasteiger partial charge in [0.05, 0.1) is 24.5 Å². The third kappa shape index (κ3) is 3.73. The molecule has 0 aliphatic rings. The summed E-state index contributed by atoms with van der Waals surface area (Å²) in [6.07, 6.45) is 6.28. The van der Waals surface area contributed by atoms with E-state index in [0.29, 0.717) is 6.04 Å². The number of hydrogen-bond acceptors (Lipinski definition) is 3. The zero-order chi connectivity index (χ0) is 15.2. The highest BCUT2D eigenvalue weighted by molar-refractivity contribution is 5.17. The van der Waals surface area contributed by atoms with Crippen molar-refractivity contribution < 1.29 is 0 Å². The summed E-state index contributed by atoms with van der Waals surface area (Å²) in [5.41, 5.74) is 3.55. The van der Waals surface area contributed by atoms with Crippen molar-refractivity contribution in [2.24, 2.45) is 0 Å². The average molecular weight is 289 g/mol. The molecule has 5 heteroatoms. The lowest BCUT2D eigenvalue weighted by Crippen LogP contribution is -2.13. The Kier molecular flexibility index (Phi) is 5.56. The predicted octanol–water partition coefficient (Wildman–Crippen LogP) is 2.91. The number of nitrogens with one attached hydrogen (secondary N) is 1. The molecule has 2 aromatic heterocycles. The maximum atomic E-state index is 4.70. The second-order valence-corrected chi connectivity index (χ2v) is 5.45. The van der Waals surface area contributed by atoms with Gasteiger partial charge < -0.3 is 5.32 Å². The van der Waals surface area contributed by atoms with E-state index in [-0.39, 0.29) is 0 Å². The number of hydrogen-bond donors (Lipinski definition) is 1. The Balaban J connectivity index is 2.06. The van der Waals surface area contributed by atoms with Crippen LogP contribution in [0, 0.1) is 6.92 Å². The summed E-state index contributed by atoms with van der Waals surface area (Å²) in [5.74, 6) is 0. The Morgan fingerprint density at radius 3 is 2.67 bits per heavy atom. The summed E-state index contributed by atoms with van der Waals surface area (Å²) in [7, 11) is 0. The van der Waals surface area contributed by atoms with E-state index in [0.717, 1.165) is 38.2 Å². The Hall–Kier alpha value is -1.62. The van der Waals surface area contributed by atoms with Crippen LogP contribution < -0.4 is 5.32 Å². The van der Waals surface area contributed by atoms with Gasteiger partial charge >= 0.3 is 0 Å². The van der Waals surface area contributed by atoms with Crippen molar-refractivity contribution >= 4 is 0 Å². The van der Waals surface area contributed by atoms with E-state index < -0.39 is 0 Å². The fraction of sp³-hybridized carbons (Fsp3) is 0.625. The fourth-order valence-electron chi connectivity index (χ4n) is 2.56. The molecule has 0 saturated carbocycles. The molecular formula is C16H27N5. The van der Waals surface area contributed by atoms with E-state index >= 15 is 0 Å². The summed E-state index contributed by atoms with van der Waals surface area (Å²) < 4.78 is 4.12. The van der Waals surface area contributed by atoms with Crippen LogP contribution in [0.3, 0.4) is 0 Å². The van der Waals surface area contributed by atoms with Crippen molar-refractivity contribution in [1.82, 2.24) is 24.9 Å². The number of rotatable bonds is 8. The molecule has 0 bridgehead atoms. The van der Waals surface area contributed by atoms with Crippen LogP contribution in [-0.2, 0) is 13.1 Å². The van der Waals surface area contributed by atoms with Crippen molar-refractivity contribution in [3.63, 3.8) is 0 Å². The van der Waals surface area contributed by atoms with E-state index in [1.54, 1.807) is 0 Å². The molecule has 2 rings (SSSR count). The first-order chi connectivity index (χ1) is 10.2. The minimum absolute atomic E-state index is 0.502. The molecule has 0 aliphatic carbocycles. The Morgan fingerprint density at radius 2 is 2.00 bits per heavy atom. The highest BCUT2D eigenvalue weighted by atomic mass is 15.3. The summed E-state index contributed by atoms with van der Waals surface area (Å²) in [4.78, 5) is 0. The van der Waals surface area contributed by atoms with Crippen LogP contribution in [0.25, 0.3) is 0 Å². The van der Waals surface area contributed by atoms with Gasteiger partial charge in [0, 0.05) is 24.0 Å². The molecule has 0 atom stereocenters.